The third kappa shape index (κ3) is 4.35. The van der Waals surface area contributed by atoms with Crippen LogP contribution in [0.15, 0.2) is 0 Å². The number of unbranched alkanes of at least 4 members (excludes halogenated alkanes) is 2. The number of amides is 2. The minimum absolute atomic E-state index is 0.0952. The lowest BCUT2D eigenvalue weighted by Crippen LogP contribution is -2.57. The second-order valence-electron chi connectivity index (χ2n) is 6.19. The van der Waals surface area contributed by atoms with E-state index < -0.39 is 11.5 Å². The maximum atomic E-state index is 12.4. The molecule has 1 aliphatic heterocycles. The molecule has 1 saturated heterocycles. The number of carbonyl (C=O) groups excluding carboxylic acids is 1. The summed E-state index contributed by atoms with van der Waals surface area (Å²) in [5.74, 6) is -0.865. The highest BCUT2D eigenvalue weighted by Crippen LogP contribution is 2.34. The van der Waals surface area contributed by atoms with Crippen LogP contribution in [0.2, 0.25) is 0 Å². The fraction of sp³-hybridized carbons (Fsp3) is 0.875. The molecule has 0 saturated carbocycles. The molecule has 0 radical (unpaired) electrons. The van der Waals surface area contributed by atoms with E-state index in [4.69, 9.17) is 0 Å². The minimum atomic E-state index is -0.998. The first-order valence-electron chi connectivity index (χ1n) is 8.29. The summed E-state index contributed by atoms with van der Waals surface area (Å²) in [4.78, 5) is 25.7. The van der Waals surface area contributed by atoms with Crippen molar-refractivity contribution in [3.8, 4) is 0 Å². The largest absolute Gasteiger partial charge is 0.479 e. The predicted molar refractivity (Wildman–Crippen MR) is 83.4 cm³/mol. The first-order chi connectivity index (χ1) is 9.97. The standard InChI is InChI=1S/C16H30N2O3/c1-4-6-7-9-13(3)17-15(21)18-12-8-11-16(18,10-5-2)14(19)20/h13H,4-12H2,1-3H3,(H,17,21)(H,19,20). The number of likely N-dealkylation sites (tertiary alicyclic amines) is 1. The Labute approximate surface area is 128 Å². The van der Waals surface area contributed by atoms with E-state index in [1.54, 1.807) is 4.90 Å². The van der Waals surface area contributed by atoms with E-state index in [1.807, 2.05) is 13.8 Å². The van der Waals surface area contributed by atoms with Gasteiger partial charge in [-0.2, -0.15) is 0 Å². The van der Waals surface area contributed by atoms with Crippen molar-refractivity contribution in [1.82, 2.24) is 10.2 Å². The van der Waals surface area contributed by atoms with Gasteiger partial charge >= 0.3 is 12.0 Å². The van der Waals surface area contributed by atoms with Gasteiger partial charge in [-0.1, -0.05) is 39.5 Å². The third-order valence-corrected chi connectivity index (χ3v) is 4.41. The molecule has 5 nitrogen and oxygen atoms in total. The van der Waals surface area contributed by atoms with E-state index in [0.29, 0.717) is 19.4 Å². The lowest BCUT2D eigenvalue weighted by Gasteiger charge is -2.35. The number of hydrogen-bond donors (Lipinski definition) is 2. The van der Waals surface area contributed by atoms with E-state index in [0.717, 1.165) is 32.1 Å². The van der Waals surface area contributed by atoms with Gasteiger partial charge in [-0.05, 0) is 32.6 Å². The number of rotatable bonds is 8. The molecule has 1 aliphatic rings. The van der Waals surface area contributed by atoms with Crippen LogP contribution in [0.5, 0.6) is 0 Å². The molecule has 2 atom stereocenters. The van der Waals surface area contributed by atoms with Crippen molar-refractivity contribution >= 4 is 12.0 Å². The summed E-state index contributed by atoms with van der Waals surface area (Å²) in [5.41, 5.74) is -0.998. The maximum Gasteiger partial charge on any atom is 0.329 e. The Bertz CT molecular complexity index is 359. The molecule has 122 valence electrons. The van der Waals surface area contributed by atoms with Crippen molar-refractivity contribution in [2.45, 2.75) is 83.7 Å². The van der Waals surface area contributed by atoms with Crippen molar-refractivity contribution in [3.05, 3.63) is 0 Å². The fourth-order valence-corrected chi connectivity index (χ4v) is 3.24. The summed E-state index contributed by atoms with van der Waals surface area (Å²) < 4.78 is 0. The molecule has 0 aromatic carbocycles. The zero-order chi connectivity index (χ0) is 15.9. The summed E-state index contributed by atoms with van der Waals surface area (Å²) in [7, 11) is 0. The Balaban J connectivity index is 2.64. The first kappa shape index (κ1) is 17.8. The van der Waals surface area contributed by atoms with E-state index in [-0.39, 0.29) is 12.1 Å². The van der Waals surface area contributed by atoms with Gasteiger partial charge in [-0.15, -0.1) is 0 Å². The quantitative estimate of drug-likeness (QED) is 0.675. The van der Waals surface area contributed by atoms with E-state index in [9.17, 15) is 14.7 Å². The topological polar surface area (TPSA) is 69.6 Å². The molecular formula is C16H30N2O3. The van der Waals surface area contributed by atoms with Crippen LogP contribution in [-0.4, -0.2) is 40.1 Å². The number of nitrogens with one attached hydrogen (secondary N) is 1. The van der Waals surface area contributed by atoms with E-state index in [1.165, 1.54) is 6.42 Å². The number of carboxylic acid groups (broad SMARTS) is 1. The Morgan fingerprint density at radius 2 is 2.00 bits per heavy atom. The maximum absolute atomic E-state index is 12.4. The zero-order valence-corrected chi connectivity index (χ0v) is 13.7. The van der Waals surface area contributed by atoms with Crippen molar-refractivity contribution in [1.29, 1.82) is 0 Å². The van der Waals surface area contributed by atoms with Crippen molar-refractivity contribution < 1.29 is 14.7 Å². The van der Waals surface area contributed by atoms with Crippen molar-refractivity contribution in [2.75, 3.05) is 6.54 Å². The summed E-state index contributed by atoms with van der Waals surface area (Å²) in [6.07, 6.45) is 6.99. The second kappa shape index (κ2) is 8.25. The Morgan fingerprint density at radius 3 is 2.57 bits per heavy atom. The van der Waals surface area contributed by atoms with Crippen LogP contribution >= 0.6 is 0 Å². The van der Waals surface area contributed by atoms with Gasteiger partial charge in [0.25, 0.3) is 0 Å². The van der Waals surface area contributed by atoms with Gasteiger partial charge in [0.2, 0.25) is 0 Å². The number of carbonyl (C=O) groups is 2. The average Bonchev–Trinajstić information content (AvgIpc) is 2.84. The Hall–Kier alpha value is -1.26. The normalized spacial score (nSPS) is 23.1. The highest BCUT2D eigenvalue weighted by atomic mass is 16.4. The van der Waals surface area contributed by atoms with Gasteiger partial charge in [-0.3, -0.25) is 0 Å². The Kier molecular flexibility index (Phi) is 6.99. The first-order valence-corrected chi connectivity index (χ1v) is 8.29. The van der Waals surface area contributed by atoms with Crippen LogP contribution in [0.4, 0.5) is 4.79 Å². The van der Waals surface area contributed by atoms with Gasteiger partial charge in [0.05, 0.1) is 0 Å². The minimum Gasteiger partial charge on any atom is -0.479 e. The monoisotopic (exact) mass is 298 g/mol. The highest BCUT2D eigenvalue weighted by molar-refractivity contribution is 5.87. The van der Waals surface area contributed by atoms with Gasteiger partial charge in [0.15, 0.2) is 0 Å². The number of carboxylic acids is 1. The molecular weight excluding hydrogens is 268 g/mol. The second-order valence-corrected chi connectivity index (χ2v) is 6.19. The molecule has 1 fully saturated rings. The third-order valence-electron chi connectivity index (χ3n) is 4.41. The molecule has 2 amide bonds. The Morgan fingerprint density at radius 1 is 1.29 bits per heavy atom. The van der Waals surface area contributed by atoms with E-state index in [2.05, 4.69) is 12.2 Å². The summed E-state index contributed by atoms with van der Waals surface area (Å²) in [6, 6.07) is -0.120. The fourth-order valence-electron chi connectivity index (χ4n) is 3.24. The smallest absolute Gasteiger partial charge is 0.329 e. The molecule has 2 N–H and O–H groups in total. The molecule has 2 unspecified atom stereocenters. The number of hydrogen-bond acceptors (Lipinski definition) is 2. The summed E-state index contributed by atoms with van der Waals surface area (Å²) >= 11 is 0. The van der Waals surface area contributed by atoms with Crippen LogP contribution < -0.4 is 5.32 Å². The molecule has 5 heteroatoms. The van der Waals surface area contributed by atoms with Gasteiger partial charge in [0, 0.05) is 12.6 Å². The van der Waals surface area contributed by atoms with Gasteiger partial charge in [-0.25, -0.2) is 9.59 Å². The molecule has 0 aliphatic carbocycles. The summed E-state index contributed by atoms with van der Waals surface area (Å²) in [5, 5.41) is 12.6. The zero-order valence-electron chi connectivity index (χ0n) is 13.7. The molecule has 0 aromatic rings. The van der Waals surface area contributed by atoms with Crippen molar-refractivity contribution in [2.24, 2.45) is 0 Å². The SMILES string of the molecule is CCCCCC(C)NC(=O)N1CCCC1(CCC)C(=O)O. The van der Waals surface area contributed by atoms with Crippen molar-refractivity contribution in [3.63, 3.8) is 0 Å². The van der Waals surface area contributed by atoms with Crippen LogP contribution in [0.3, 0.4) is 0 Å². The van der Waals surface area contributed by atoms with Crippen LogP contribution in [0.1, 0.15) is 72.1 Å². The highest BCUT2D eigenvalue weighted by Gasteiger charge is 2.49. The number of aliphatic carboxylic acids is 1. The van der Waals surface area contributed by atoms with Gasteiger partial charge in [0.1, 0.15) is 5.54 Å². The lowest BCUT2D eigenvalue weighted by molar-refractivity contribution is -0.148. The molecule has 0 spiro atoms. The lowest BCUT2D eigenvalue weighted by atomic mass is 9.91. The van der Waals surface area contributed by atoms with Crippen LogP contribution in [-0.2, 0) is 4.79 Å². The molecule has 1 heterocycles. The molecule has 21 heavy (non-hydrogen) atoms. The van der Waals surface area contributed by atoms with Crippen LogP contribution in [0.25, 0.3) is 0 Å². The molecule has 0 bridgehead atoms. The molecule has 1 rings (SSSR count). The number of urea groups is 1. The average molecular weight is 298 g/mol. The molecule has 0 aromatic heterocycles. The van der Waals surface area contributed by atoms with Gasteiger partial charge < -0.3 is 15.3 Å². The van der Waals surface area contributed by atoms with E-state index >= 15 is 0 Å². The summed E-state index contributed by atoms with van der Waals surface area (Å²) in [6.45, 7) is 6.65. The van der Waals surface area contributed by atoms with Crippen LogP contribution in [0, 0.1) is 0 Å². The predicted octanol–water partition coefficient (Wildman–Crippen LogP) is 3.38. The number of nitrogens with zero attached hydrogens (tertiary/aromatic N) is 1.